The topological polar surface area (TPSA) is 75.0 Å². The summed E-state index contributed by atoms with van der Waals surface area (Å²) < 4.78 is 60.5. The summed E-state index contributed by atoms with van der Waals surface area (Å²) in [6, 6.07) is 5.32. The molecule has 4 nitrogen and oxygen atoms in total. The molecule has 1 aromatic rings. The first kappa shape index (κ1) is 17.2. The van der Waals surface area contributed by atoms with E-state index in [0.29, 0.717) is 6.07 Å². The maximum Gasteiger partial charge on any atom is 0.416 e. The molecule has 0 amide bonds. The number of carbonyl (C=O) groups excluding carboxylic acids is 1. The number of alkyl halides is 3. The van der Waals surface area contributed by atoms with Gasteiger partial charge in [0.1, 0.15) is 11.2 Å². The fourth-order valence-electron chi connectivity index (χ4n) is 1.64. The van der Waals surface area contributed by atoms with Crippen molar-refractivity contribution in [2.75, 3.05) is 6.26 Å². The fraction of sp³-hybridized carbons (Fsp3) is 0.385. The Labute approximate surface area is 120 Å². The van der Waals surface area contributed by atoms with Crippen LogP contribution in [0.25, 0.3) is 0 Å². The molecule has 0 fully saturated rings. The van der Waals surface area contributed by atoms with E-state index < -0.39 is 38.5 Å². The number of sulfone groups is 1. The van der Waals surface area contributed by atoms with Crippen LogP contribution in [0.1, 0.15) is 24.0 Å². The van der Waals surface area contributed by atoms with Gasteiger partial charge in [0.25, 0.3) is 0 Å². The summed E-state index contributed by atoms with van der Waals surface area (Å²) in [5.41, 5.74) is -1.17. The van der Waals surface area contributed by atoms with E-state index in [1.54, 1.807) is 6.07 Å². The van der Waals surface area contributed by atoms with E-state index in [1.165, 1.54) is 6.07 Å². The molecule has 0 saturated carbocycles. The monoisotopic (exact) mass is 319 g/mol. The minimum atomic E-state index is -4.61. The van der Waals surface area contributed by atoms with Crippen LogP contribution in [-0.4, -0.2) is 25.7 Å². The Bertz CT molecular complexity index is 689. The van der Waals surface area contributed by atoms with E-state index in [2.05, 4.69) is 0 Å². The largest absolute Gasteiger partial charge is 0.416 e. The van der Waals surface area contributed by atoms with Crippen LogP contribution in [0.15, 0.2) is 24.3 Å². The number of hydrogen-bond donors (Lipinski definition) is 0. The number of benzene rings is 1. The Morgan fingerprint density at radius 2 is 1.90 bits per heavy atom. The zero-order valence-corrected chi connectivity index (χ0v) is 12.0. The van der Waals surface area contributed by atoms with Crippen molar-refractivity contribution in [1.29, 1.82) is 5.26 Å². The predicted octanol–water partition coefficient (Wildman–Crippen LogP) is 2.31. The highest BCUT2D eigenvalue weighted by Crippen LogP contribution is 2.31. The molecule has 0 N–H and O–H groups in total. The van der Waals surface area contributed by atoms with E-state index in [0.717, 1.165) is 25.3 Å². The number of hydrogen-bond acceptors (Lipinski definition) is 4. The van der Waals surface area contributed by atoms with Crippen molar-refractivity contribution in [3.63, 3.8) is 0 Å². The van der Waals surface area contributed by atoms with Crippen LogP contribution < -0.4 is 0 Å². The first-order valence-electron chi connectivity index (χ1n) is 5.78. The van der Waals surface area contributed by atoms with Crippen molar-refractivity contribution in [2.45, 2.75) is 24.3 Å². The second-order valence-electron chi connectivity index (χ2n) is 4.56. The molecule has 1 rings (SSSR count). The molecule has 114 valence electrons. The summed E-state index contributed by atoms with van der Waals surface area (Å²) in [6.07, 6.45) is -3.78. The van der Waals surface area contributed by atoms with Crippen molar-refractivity contribution < 1.29 is 26.4 Å². The third-order valence-electron chi connectivity index (χ3n) is 3.00. The highest BCUT2D eigenvalue weighted by atomic mass is 32.2. The van der Waals surface area contributed by atoms with Gasteiger partial charge in [-0.3, -0.25) is 4.79 Å². The molecular weight excluding hydrogens is 307 g/mol. The maximum atomic E-state index is 12.6. The van der Waals surface area contributed by atoms with Gasteiger partial charge in [0, 0.05) is 6.26 Å². The molecular formula is C13H12F3NO3S. The summed E-state index contributed by atoms with van der Waals surface area (Å²) in [5.74, 6) is -2.50. The van der Waals surface area contributed by atoms with Gasteiger partial charge in [-0.1, -0.05) is 18.2 Å². The van der Waals surface area contributed by atoms with E-state index in [9.17, 15) is 26.4 Å². The summed E-state index contributed by atoms with van der Waals surface area (Å²) in [7, 11) is -3.73. The van der Waals surface area contributed by atoms with Crippen LogP contribution in [-0.2, 0) is 20.8 Å². The number of nitrogens with zero attached hydrogens (tertiary/aromatic N) is 1. The molecule has 0 aromatic heterocycles. The third kappa shape index (κ3) is 4.04. The van der Waals surface area contributed by atoms with Crippen molar-refractivity contribution >= 4 is 15.6 Å². The molecule has 0 bridgehead atoms. The highest BCUT2D eigenvalue weighted by Gasteiger charge is 2.34. The predicted molar refractivity (Wildman–Crippen MR) is 69.1 cm³/mol. The average Bonchev–Trinajstić information content (AvgIpc) is 2.37. The highest BCUT2D eigenvalue weighted by molar-refractivity contribution is 7.92. The number of rotatable bonds is 4. The van der Waals surface area contributed by atoms with Crippen LogP contribution >= 0.6 is 0 Å². The molecule has 2 unspecified atom stereocenters. The van der Waals surface area contributed by atoms with Gasteiger partial charge in [-0.05, 0) is 18.6 Å². The quantitative estimate of drug-likeness (QED) is 0.853. The Balaban J connectivity index is 3.24. The second kappa shape index (κ2) is 5.85. The molecule has 0 radical (unpaired) electrons. The Morgan fingerprint density at radius 3 is 2.33 bits per heavy atom. The van der Waals surface area contributed by atoms with Crippen molar-refractivity contribution in [1.82, 2.24) is 0 Å². The number of carbonyl (C=O) groups is 1. The lowest BCUT2D eigenvalue weighted by Gasteiger charge is -2.15. The molecule has 0 aliphatic heterocycles. The number of ketones is 1. The maximum absolute atomic E-state index is 12.6. The van der Waals surface area contributed by atoms with E-state index >= 15 is 0 Å². The first-order chi connectivity index (χ1) is 9.48. The van der Waals surface area contributed by atoms with Gasteiger partial charge in [0.2, 0.25) is 0 Å². The molecule has 0 aliphatic carbocycles. The van der Waals surface area contributed by atoms with Crippen LogP contribution in [0, 0.1) is 11.3 Å². The zero-order valence-electron chi connectivity index (χ0n) is 11.2. The Hall–Kier alpha value is -1.88. The summed E-state index contributed by atoms with van der Waals surface area (Å²) in [5, 5.41) is 7.55. The molecule has 2 atom stereocenters. The molecule has 21 heavy (non-hydrogen) atoms. The minimum Gasteiger partial charge on any atom is -0.296 e. The first-order valence-corrected chi connectivity index (χ1v) is 7.73. The standard InChI is InChI=1S/C13H12F3NO3S/c1-8(21(2,19)20)12(18)11(7-17)9-4-3-5-10(6-9)13(14,15)16/h3-6,8,11H,1-2H3. The fourth-order valence-corrected chi connectivity index (χ4v) is 2.20. The Kier molecular flexibility index (Phi) is 4.79. The van der Waals surface area contributed by atoms with Gasteiger partial charge in [-0.2, -0.15) is 18.4 Å². The molecule has 1 aromatic carbocycles. The van der Waals surface area contributed by atoms with E-state index in [1.807, 2.05) is 0 Å². The Morgan fingerprint density at radius 1 is 1.33 bits per heavy atom. The van der Waals surface area contributed by atoms with Crippen molar-refractivity contribution in [2.24, 2.45) is 0 Å². The van der Waals surface area contributed by atoms with E-state index in [-0.39, 0.29) is 5.56 Å². The molecule has 0 aliphatic rings. The van der Waals surface area contributed by atoms with Crippen LogP contribution in [0.4, 0.5) is 13.2 Å². The van der Waals surface area contributed by atoms with Gasteiger partial charge in [-0.25, -0.2) is 8.42 Å². The number of nitriles is 1. The van der Waals surface area contributed by atoms with Gasteiger partial charge in [0.15, 0.2) is 15.6 Å². The summed E-state index contributed by atoms with van der Waals surface area (Å²) in [6.45, 7) is 1.11. The summed E-state index contributed by atoms with van der Waals surface area (Å²) in [4.78, 5) is 12.0. The zero-order chi connectivity index (χ0) is 16.4. The minimum absolute atomic E-state index is 0.173. The smallest absolute Gasteiger partial charge is 0.296 e. The van der Waals surface area contributed by atoms with Crippen LogP contribution in [0.5, 0.6) is 0 Å². The normalized spacial score (nSPS) is 15.0. The molecule has 0 spiro atoms. The van der Waals surface area contributed by atoms with Crippen molar-refractivity contribution in [3.8, 4) is 6.07 Å². The van der Waals surface area contributed by atoms with Crippen molar-refractivity contribution in [3.05, 3.63) is 35.4 Å². The van der Waals surface area contributed by atoms with Gasteiger partial charge in [-0.15, -0.1) is 0 Å². The summed E-state index contributed by atoms with van der Waals surface area (Å²) >= 11 is 0. The van der Waals surface area contributed by atoms with Gasteiger partial charge >= 0.3 is 6.18 Å². The lowest BCUT2D eigenvalue weighted by Crippen LogP contribution is -2.30. The van der Waals surface area contributed by atoms with Crippen LogP contribution in [0.3, 0.4) is 0 Å². The lowest BCUT2D eigenvalue weighted by atomic mass is 9.93. The molecule has 0 saturated heterocycles. The lowest BCUT2D eigenvalue weighted by molar-refractivity contribution is -0.137. The van der Waals surface area contributed by atoms with Crippen LogP contribution in [0.2, 0.25) is 0 Å². The van der Waals surface area contributed by atoms with Gasteiger partial charge < -0.3 is 0 Å². The number of Topliss-reactive ketones (excluding diaryl/α,β-unsaturated/α-hetero) is 1. The second-order valence-corrected chi connectivity index (χ2v) is 6.93. The molecule has 8 heteroatoms. The van der Waals surface area contributed by atoms with Gasteiger partial charge in [0.05, 0.1) is 11.6 Å². The SMILES string of the molecule is CC(C(=O)C(C#N)c1cccc(C(F)(F)F)c1)S(C)(=O)=O. The molecule has 0 heterocycles. The van der Waals surface area contributed by atoms with E-state index in [4.69, 9.17) is 5.26 Å². The third-order valence-corrected chi connectivity index (χ3v) is 4.52. The average molecular weight is 319 g/mol. The number of halogens is 3.